The van der Waals surface area contributed by atoms with Gasteiger partial charge in [-0.25, -0.2) is 0 Å². The van der Waals surface area contributed by atoms with Gasteiger partial charge in [0.2, 0.25) is 5.91 Å². The lowest BCUT2D eigenvalue weighted by molar-refractivity contribution is -0.130. The first-order valence-electron chi connectivity index (χ1n) is 10.2. The average Bonchev–Trinajstić information content (AvgIpc) is 2.71. The number of amides is 1. The first kappa shape index (κ1) is 25.3. The molecule has 29 heavy (non-hydrogen) atoms. The fraction of sp³-hybridized carbons (Fsp3) is 0.619. The molecule has 0 aliphatic carbocycles. The molecule has 0 aromatic heterocycles. The van der Waals surface area contributed by atoms with Crippen molar-refractivity contribution < 1.29 is 14.3 Å². The summed E-state index contributed by atoms with van der Waals surface area (Å²) in [5, 5.41) is 3.37. The number of benzene rings is 1. The minimum atomic E-state index is 0. The summed E-state index contributed by atoms with van der Waals surface area (Å²) in [5.41, 5.74) is 1.22. The highest BCUT2D eigenvalue weighted by Gasteiger charge is 2.20. The van der Waals surface area contributed by atoms with Crippen LogP contribution in [0.25, 0.3) is 0 Å². The number of carbonyl (C=O) groups is 1. The van der Waals surface area contributed by atoms with Gasteiger partial charge in [0.15, 0.2) is 17.5 Å². The molecule has 0 spiro atoms. The number of rotatable bonds is 8. The number of aryl methyl sites for hydroxylation is 1. The van der Waals surface area contributed by atoms with E-state index in [1.54, 1.807) is 14.0 Å². The Labute approximate surface area is 191 Å². The van der Waals surface area contributed by atoms with Gasteiger partial charge in [0, 0.05) is 46.2 Å². The van der Waals surface area contributed by atoms with Crippen LogP contribution in [0.2, 0.25) is 0 Å². The van der Waals surface area contributed by atoms with Crippen LogP contribution >= 0.6 is 24.0 Å². The molecule has 7 nitrogen and oxygen atoms in total. The highest BCUT2D eigenvalue weighted by molar-refractivity contribution is 14.0. The van der Waals surface area contributed by atoms with Gasteiger partial charge < -0.3 is 24.6 Å². The van der Waals surface area contributed by atoms with E-state index in [0.717, 1.165) is 69.6 Å². The first-order valence-corrected chi connectivity index (χ1v) is 10.2. The van der Waals surface area contributed by atoms with Crippen LogP contribution in [-0.4, -0.2) is 74.7 Å². The van der Waals surface area contributed by atoms with Crippen molar-refractivity contribution in [2.75, 3.05) is 53.0 Å². The smallest absolute Gasteiger partial charge is 0.219 e. The maximum atomic E-state index is 11.5. The first-order chi connectivity index (χ1) is 13.6. The number of hydrogen-bond donors (Lipinski definition) is 1. The van der Waals surface area contributed by atoms with Crippen molar-refractivity contribution >= 4 is 35.8 Å². The Kier molecular flexibility index (Phi) is 11.8. The second-order valence-corrected chi connectivity index (χ2v) is 6.75. The number of ether oxygens (including phenoxy) is 2. The molecule has 0 bridgehead atoms. The van der Waals surface area contributed by atoms with Gasteiger partial charge in [0.05, 0.1) is 13.7 Å². The zero-order valence-electron chi connectivity index (χ0n) is 18.1. The van der Waals surface area contributed by atoms with E-state index < -0.39 is 0 Å². The zero-order chi connectivity index (χ0) is 20.4. The van der Waals surface area contributed by atoms with Gasteiger partial charge >= 0.3 is 0 Å². The highest BCUT2D eigenvalue weighted by Crippen LogP contribution is 2.28. The predicted octanol–water partition coefficient (Wildman–Crippen LogP) is 2.77. The van der Waals surface area contributed by atoms with Crippen molar-refractivity contribution in [3.05, 3.63) is 23.8 Å². The molecule has 1 fully saturated rings. The third kappa shape index (κ3) is 7.91. The van der Waals surface area contributed by atoms with Gasteiger partial charge in [-0.1, -0.05) is 6.07 Å². The van der Waals surface area contributed by atoms with E-state index in [0.29, 0.717) is 6.61 Å². The lowest BCUT2D eigenvalue weighted by atomic mass is 10.1. The van der Waals surface area contributed by atoms with Crippen LogP contribution in [0.15, 0.2) is 23.2 Å². The van der Waals surface area contributed by atoms with Crippen molar-refractivity contribution in [1.29, 1.82) is 0 Å². The lowest BCUT2D eigenvalue weighted by Gasteiger charge is -2.36. The Morgan fingerprint density at radius 2 is 1.83 bits per heavy atom. The zero-order valence-corrected chi connectivity index (χ0v) is 20.4. The summed E-state index contributed by atoms with van der Waals surface area (Å²) in [5.74, 6) is 2.65. The van der Waals surface area contributed by atoms with Gasteiger partial charge in [-0.3, -0.25) is 9.79 Å². The van der Waals surface area contributed by atoms with E-state index in [9.17, 15) is 4.79 Å². The van der Waals surface area contributed by atoms with E-state index >= 15 is 0 Å². The summed E-state index contributed by atoms with van der Waals surface area (Å²) in [4.78, 5) is 20.4. The molecule has 8 heteroatoms. The third-order valence-electron chi connectivity index (χ3n) is 4.77. The quantitative estimate of drug-likeness (QED) is 0.248. The Balaban J connectivity index is 0.00000420. The van der Waals surface area contributed by atoms with Crippen molar-refractivity contribution in [1.82, 2.24) is 15.1 Å². The van der Waals surface area contributed by atoms with E-state index in [1.165, 1.54) is 5.56 Å². The van der Waals surface area contributed by atoms with Crippen molar-refractivity contribution in [2.24, 2.45) is 4.99 Å². The van der Waals surface area contributed by atoms with Crippen molar-refractivity contribution in [3.8, 4) is 11.5 Å². The molecular weight excluding hydrogens is 483 g/mol. The van der Waals surface area contributed by atoms with E-state index in [1.807, 2.05) is 17.9 Å². The summed E-state index contributed by atoms with van der Waals surface area (Å²) in [6.45, 7) is 11.0. The Morgan fingerprint density at radius 1 is 1.14 bits per heavy atom. The van der Waals surface area contributed by atoms with E-state index in [4.69, 9.17) is 14.5 Å². The molecule has 1 aliphatic heterocycles. The van der Waals surface area contributed by atoms with Crippen LogP contribution in [0.3, 0.4) is 0 Å². The summed E-state index contributed by atoms with van der Waals surface area (Å²) < 4.78 is 11.0. The van der Waals surface area contributed by atoms with Crippen molar-refractivity contribution in [2.45, 2.75) is 33.6 Å². The molecule has 1 heterocycles. The number of nitrogens with one attached hydrogen (secondary N) is 1. The lowest BCUT2D eigenvalue weighted by Crippen LogP contribution is -2.53. The molecular formula is C21H35IN4O3. The molecule has 2 rings (SSSR count). The number of hydrogen-bond acceptors (Lipinski definition) is 4. The Morgan fingerprint density at radius 3 is 2.41 bits per heavy atom. The second kappa shape index (κ2) is 13.5. The standard InChI is InChI=1S/C21H34N4O3.HI/c1-5-22-21(25-14-12-24(13-15-25)17(3)26)23-11-7-8-18-9-10-19(27-4)20(16-18)28-6-2;/h9-10,16H,5-8,11-15H2,1-4H3,(H,22,23);1H. The predicted molar refractivity (Wildman–Crippen MR) is 128 cm³/mol. The van der Waals surface area contributed by atoms with E-state index in [-0.39, 0.29) is 29.9 Å². The van der Waals surface area contributed by atoms with Crippen LogP contribution in [0.5, 0.6) is 11.5 Å². The molecule has 0 saturated carbocycles. The van der Waals surface area contributed by atoms with Gasteiger partial charge in [0.25, 0.3) is 0 Å². The van der Waals surface area contributed by atoms with Gasteiger partial charge in [0.1, 0.15) is 0 Å². The van der Waals surface area contributed by atoms with Crippen LogP contribution in [0.1, 0.15) is 32.8 Å². The Bertz CT molecular complexity index is 661. The summed E-state index contributed by atoms with van der Waals surface area (Å²) in [6, 6.07) is 6.09. The number of guanidine groups is 1. The molecule has 0 unspecified atom stereocenters. The van der Waals surface area contributed by atoms with Crippen LogP contribution in [0.4, 0.5) is 0 Å². The molecule has 0 atom stereocenters. The number of halogens is 1. The molecule has 1 N–H and O–H groups in total. The molecule has 0 radical (unpaired) electrons. The maximum absolute atomic E-state index is 11.5. The topological polar surface area (TPSA) is 66.4 Å². The van der Waals surface area contributed by atoms with Gasteiger partial charge in [-0.05, 0) is 44.4 Å². The third-order valence-corrected chi connectivity index (χ3v) is 4.77. The largest absolute Gasteiger partial charge is 0.493 e. The molecule has 1 saturated heterocycles. The number of piperazine rings is 1. The summed E-state index contributed by atoms with van der Waals surface area (Å²) in [7, 11) is 1.66. The molecule has 1 aromatic rings. The minimum absolute atomic E-state index is 0. The van der Waals surface area contributed by atoms with Gasteiger partial charge in [-0.15, -0.1) is 24.0 Å². The second-order valence-electron chi connectivity index (χ2n) is 6.75. The number of carbonyl (C=O) groups excluding carboxylic acids is 1. The van der Waals surface area contributed by atoms with Crippen LogP contribution in [0, 0.1) is 0 Å². The van der Waals surface area contributed by atoms with Crippen LogP contribution in [-0.2, 0) is 11.2 Å². The fourth-order valence-corrected chi connectivity index (χ4v) is 3.27. The SMILES string of the molecule is CCNC(=NCCCc1ccc(OC)c(OCC)c1)N1CCN(C(C)=O)CC1.I. The number of methoxy groups -OCH3 is 1. The van der Waals surface area contributed by atoms with Crippen molar-refractivity contribution in [3.63, 3.8) is 0 Å². The summed E-state index contributed by atoms with van der Waals surface area (Å²) >= 11 is 0. The molecule has 1 amide bonds. The minimum Gasteiger partial charge on any atom is -0.493 e. The average molecular weight is 518 g/mol. The van der Waals surface area contributed by atoms with Crippen LogP contribution < -0.4 is 14.8 Å². The maximum Gasteiger partial charge on any atom is 0.219 e. The number of aliphatic imine (C=N–C) groups is 1. The molecule has 164 valence electrons. The fourth-order valence-electron chi connectivity index (χ4n) is 3.27. The highest BCUT2D eigenvalue weighted by atomic mass is 127. The molecule has 1 aliphatic rings. The monoisotopic (exact) mass is 518 g/mol. The Hall–Kier alpha value is -1.71. The normalized spacial score (nSPS) is 14.3. The molecule has 1 aromatic carbocycles. The number of nitrogens with zero attached hydrogens (tertiary/aromatic N) is 3. The summed E-state index contributed by atoms with van der Waals surface area (Å²) in [6.07, 6.45) is 1.89. The van der Waals surface area contributed by atoms with E-state index in [2.05, 4.69) is 29.3 Å². The van der Waals surface area contributed by atoms with Gasteiger partial charge in [-0.2, -0.15) is 0 Å².